The van der Waals surface area contributed by atoms with Crippen LogP contribution in [0.1, 0.15) is 28.8 Å². The van der Waals surface area contributed by atoms with E-state index in [0.717, 1.165) is 24.2 Å². The van der Waals surface area contributed by atoms with Crippen molar-refractivity contribution in [1.82, 2.24) is 5.32 Å². The number of carbonyl (C=O) groups excluding carboxylic acids is 2. The molecule has 1 aliphatic rings. The third kappa shape index (κ3) is 3.91. The molecule has 0 bridgehead atoms. The topological polar surface area (TPSA) is 92.6 Å². The van der Waals surface area contributed by atoms with Crippen molar-refractivity contribution in [3.8, 4) is 0 Å². The van der Waals surface area contributed by atoms with Gasteiger partial charge in [0.05, 0.1) is 9.40 Å². The van der Waals surface area contributed by atoms with Crippen molar-refractivity contribution in [2.45, 2.75) is 19.4 Å². The van der Waals surface area contributed by atoms with Crippen molar-refractivity contribution >= 4 is 39.1 Å². The lowest BCUT2D eigenvalue weighted by Crippen LogP contribution is -2.24. The van der Waals surface area contributed by atoms with Crippen LogP contribution in [0.15, 0.2) is 46.9 Å². The number of halogens is 1. The number of benzene rings is 2. The van der Waals surface area contributed by atoms with Crippen LogP contribution < -0.4 is 10.2 Å². The molecule has 0 aromatic heterocycles. The molecule has 134 valence electrons. The summed E-state index contributed by atoms with van der Waals surface area (Å²) in [6.45, 7) is 1.02. The Hall–Kier alpha value is -2.74. The molecule has 3 rings (SSSR count). The molecule has 2 amide bonds. The molecule has 1 saturated heterocycles. The highest BCUT2D eigenvalue weighted by molar-refractivity contribution is 9.10. The van der Waals surface area contributed by atoms with Gasteiger partial charge in [-0.3, -0.25) is 19.7 Å². The lowest BCUT2D eigenvalue weighted by molar-refractivity contribution is -0.385. The number of nitrogens with zero attached hydrogens (tertiary/aromatic N) is 2. The molecule has 1 aliphatic heterocycles. The van der Waals surface area contributed by atoms with Gasteiger partial charge in [0.1, 0.15) is 0 Å². The van der Waals surface area contributed by atoms with Gasteiger partial charge in [-0.2, -0.15) is 0 Å². The van der Waals surface area contributed by atoms with E-state index < -0.39 is 4.92 Å². The van der Waals surface area contributed by atoms with E-state index in [1.54, 1.807) is 4.90 Å². The molecule has 8 heteroatoms. The zero-order chi connectivity index (χ0) is 18.7. The fourth-order valence-electron chi connectivity index (χ4n) is 2.79. The maximum atomic E-state index is 12.2. The summed E-state index contributed by atoms with van der Waals surface area (Å²) in [6.07, 6.45) is 1.45. The van der Waals surface area contributed by atoms with E-state index in [-0.39, 0.29) is 29.6 Å². The SMILES string of the molecule is O=C(NCc1ccc(N2CCCC2=O)cc1)c1ccc(Br)c([N+](=O)[O-])c1. The van der Waals surface area contributed by atoms with Crippen LogP contribution in [-0.2, 0) is 11.3 Å². The highest BCUT2D eigenvalue weighted by Gasteiger charge is 2.21. The van der Waals surface area contributed by atoms with Crippen LogP contribution in [0.3, 0.4) is 0 Å². The van der Waals surface area contributed by atoms with E-state index >= 15 is 0 Å². The maximum Gasteiger partial charge on any atom is 0.284 e. The normalized spacial score (nSPS) is 13.7. The minimum absolute atomic E-state index is 0.128. The van der Waals surface area contributed by atoms with Gasteiger partial charge in [-0.05, 0) is 52.2 Å². The average Bonchev–Trinajstić information content (AvgIpc) is 3.06. The quantitative estimate of drug-likeness (QED) is 0.595. The monoisotopic (exact) mass is 417 g/mol. The number of hydrogen-bond acceptors (Lipinski definition) is 4. The largest absolute Gasteiger partial charge is 0.348 e. The molecule has 0 unspecified atom stereocenters. The van der Waals surface area contributed by atoms with Gasteiger partial charge in [0, 0.05) is 36.8 Å². The average molecular weight is 418 g/mol. The van der Waals surface area contributed by atoms with E-state index in [1.165, 1.54) is 18.2 Å². The molecule has 0 atom stereocenters. The number of nitro groups is 1. The van der Waals surface area contributed by atoms with Gasteiger partial charge >= 0.3 is 0 Å². The van der Waals surface area contributed by atoms with Crippen LogP contribution in [0.2, 0.25) is 0 Å². The molecule has 26 heavy (non-hydrogen) atoms. The summed E-state index contributed by atoms with van der Waals surface area (Å²) in [5.74, 6) is -0.262. The molecular weight excluding hydrogens is 402 g/mol. The third-order valence-electron chi connectivity index (χ3n) is 4.18. The van der Waals surface area contributed by atoms with E-state index in [4.69, 9.17) is 0 Å². The molecule has 2 aromatic carbocycles. The zero-order valence-corrected chi connectivity index (χ0v) is 15.4. The molecule has 0 spiro atoms. The summed E-state index contributed by atoms with van der Waals surface area (Å²) in [5, 5.41) is 13.7. The van der Waals surface area contributed by atoms with Crippen molar-refractivity contribution in [1.29, 1.82) is 0 Å². The Bertz CT molecular complexity index is 867. The highest BCUT2D eigenvalue weighted by Crippen LogP contribution is 2.25. The van der Waals surface area contributed by atoms with Gasteiger partial charge in [0.2, 0.25) is 5.91 Å². The van der Waals surface area contributed by atoms with Crippen LogP contribution in [0, 0.1) is 10.1 Å². The van der Waals surface area contributed by atoms with Gasteiger partial charge < -0.3 is 10.2 Å². The first-order valence-corrected chi connectivity index (χ1v) is 8.86. The third-order valence-corrected chi connectivity index (χ3v) is 4.85. The van der Waals surface area contributed by atoms with Crippen molar-refractivity contribution in [3.05, 3.63) is 68.2 Å². The van der Waals surface area contributed by atoms with Gasteiger partial charge in [0.15, 0.2) is 0 Å². The second kappa shape index (κ2) is 7.65. The summed E-state index contributed by atoms with van der Waals surface area (Å²) in [5.41, 5.74) is 1.79. The summed E-state index contributed by atoms with van der Waals surface area (Å²) in [4.78, 5) is 36.1. The Morgan fingerprint density at radius 2 is 1.96 bits per heavy atom. The van der Waals surface area contributed by atoms with Crippen LogP contribution >= 0.6 is 15.9 Å². The summed E-state index contributed by atoms with van der Waals surface area (Å²) in [7, 11) is 0. The predicted molar refractivity (Wildman–Crippen MR) is 100.0 cm³/mol. The Balaban J connectivity index is 1.63. The molecule has 1 heterocycles. The van der Waals surface area contributed by atoms with Crippen LogP contribution in [0.25, 0.3) is 0 Å². The fraction of sp³-hybridized carbons (Fsp3) is 0.222. The molecule has 2 aromatic rings. The van der Waals surface area contributed by atoms with Gasteiger partial charge in [0.25, 0.3) is 11.6 Å². The minimum Gasteiger partial charge on any atom is -0.348 e. The van der Waals surface area contributed by atoms with Gasteiger partial charge in [-0.15, -0.1) is 0 Å². The summed E-state index contributed by atoms with van der Waals surface area (Å²) < 4.78 is 0.325. The molecular formula is C18H16BrN3O4. The maximum absolute atomic E-state index is 12.2. The van der Waals surface area contributed by atoms with Crippen molar-refractivity contribution in [2.75, 3.05) is 11.4 Å². The number of anilines is 1. The van der Waals surface area contributed by atoms with Gasteiger partial charge in [-0.1, -0.05) is 12.1 Å². The van der Waals surface area contributed by atoms with Crippen molar-refractivity contribution < 1.29 is 14.5 Å². The van der Waals surface area contributed by atoms with E-state index in [9.17, 15) is 19.7 Å². The molecule has 1 N–H and O–H groups in total. The van der Waals surface area contributed by atoms with Crippen molar-refractivity contribution in [3.63, 3.8) is 0 Å². The first kappa shape index (κ1) is 18.1. The first-order valence-electron chi connectivity index (χ1n) is 8.07. The second-order valence-electron chi connectivity index (χ2n) is 5.92. The number of carbonyl (C=O) groups is 2. The molecule has 7 nitrogen and oxygen atoms in total. The minimum atomic E-state index is -0.542. The number of amides is 2. The lowest BCUT2D eigenvalue weighted by atomic mass is 10.1. The molecule has 0 aliphatic carbocycles. The first-order chi connectivity index (χ1) is 12.5. The number of hydrogen-bond donors (Lipinski definition) is 1. The summed E-state index contributed by atoms with van der Waals surface area (Å²) in [6, 6.07) is 11.7. The Labute approximate surface area is 158 Å². The lowest BCUT2D eigenvalue weighted by Gasteiger charge is -2.16. The molecule has 0 radical (unpaired) electrons. The smallest absolute Gasteiger partial charge is 0.284 e. The Morgan fingerprint density at radius 3 is 2.58 bits per heavy atom. The number of rotatable bonds is 5. The molecule has 0 saturated carbocycles. The van der Waals surface area contributed by atoms with Gasteiger partial charge in [-0.25, -0.2) is 0 Å². The predicted octanol–water partition coefficient (Wildman–Crippen LogP) is 3.41. The van der Waals surface area contributed by atoms with Crippen LogP contribution in [0.4, 0.5) is 11.4 Å². The van der Waals surface area contributed by atoms with Crippen LogP contribution in [-0.4, -0.2) is 23.3 Å². The van der Waals surface area contributed by atoms with E-state index in [1.807, 2.05) is 24.3 Å². The highest BCUT2D eigenvalue weighted by atomic mass is 79.9. The second-order valence-corrected chi connectivity index (χ2v) is 6.78. The van der Waals surface area contributed by atoms with Crippen LogP contribution in [0.5, 0.6) is 0 Å². The fourth-order valence-corrected chi connectivity index (χ4v) is 3.18. The number of nitrogens with one attached hydrogen (secondary N) is 1. The zero-order valence-electron chi connectivity index (χ0n) is 13.8. The molecule has 1 fully saturated rings. The Kier molecular flexibility index (Phi) is 5.32. The van der Waals surface area contributed by atoms with E-state index in [0.29, 0.717) is 10.9 Å². The van der Waals surface area contributed by atoms with E-state index in [2.05, 4.69) is 21.2 Å². The standard InChI is InChI=1S/C18H16BrN3O4/c19-15-8-5-13(10-16(15)22(25)26)18(24)20-11-12-3-6-14(7-4-12)21-9-1-2-17(21)23/h3-8,10H,1-2,9,11H2,(H,20,24). The summed E-state index contributed by atoms with van der Waals surface area (Å²) >= 11 is 3.09. The number of nitro benzene ring substituents is 1. The van der Waals surface area contributed by atoms with Crippen molar-refractivity contribution in [2.24, 2.45) is 0 Å². The Morgan fingerprint density at radius 1 is 1.23 bits per heavy atom.